The van der Waals surface area contributed by atoms with Crippen molar-refractivity contribution in [3.05, 3.63) is 0 Å². The van der Waals surface area contributed by atoms with Crippen molar-refractivity contribution in [2.75, 3.05) is 13.2 Å². The second-order valence-electron chi connectivity index (χ2n) is 3.59. The van der Waals surface area contributed by atoms with Gasteiger partial charge in [0.1, 0.15) is 6.61 Å². The summed E-state index contributed by atoms with van der Waals surface area (Å²) in [5, 5.41) is 0. The number of ether oxygens (including phenoxy) is 1. The summed E-state index contributed by atoms with van der Waals surface area (Å²) >= 11 is -0.324. The first-order chi connectivity index (χ1) is 7.49. The average Bonchev–Trinajstić information content (AvgIpc) is 2.67. The van der Waals surface area contributed by atoms with Gasteiger partial charge in [-0.15, -0.1) is 0 Å². The van der Waals surface area contributed by atoms with Crippen LogP contribution in [0.3, 0.4) is 0 Å². The minimum atomic E-state index is -4.30. The van der Waals surface area contributed by atoms with Crippen molar-refractivity contribution in [3.63, 3.8) is 0 Å². The Kier molecular flexibility index (Phi) is 5.40. The normalized spacial score (nSPS) is 17.7. The third kappa shape index (κ3) is 5.60. The first-order valence-corrected chi connectivity index (χ1v) is 5.95. The van der Waals surface area contributed by atoms with Gasteiger partial charge < -0.3 is 4.74 Å². The topological polar surface area (TPSA) is 38.3 Å². The van der Waals surface area contributed by atoms with Crippen LogP contribution in [0, 0.1) is 5.92 Å². The molecule has 0 bridgehead atoms. The van der Waals surface area contributed by atoms with Crippen LogP contribution in [0.1, 0.15) is 25.7 Å². The molecule has 0 saturated heterocycles. The van der Waals surface area contributed by atoms with E-state index in [4.69, 9.17) is 4.74 Å². The molecule has 94 valence electrons. The highest BCUT2D eigenvalue weighted by Crippen LogP contribution is 2.27. The van der Waals surface area contributed by atoms with Crippen molar-refractivity contribution in [2.24, 2.45) is 5.92 Å². The Morgan fingerprint density at radius 2 is 2.00 bits per heavy atom. The van der Waals surface area contributed by atoms with Crippen LogP contribution in [0.2, 0.25) is 0 Å². The molecule has 1 fully saturated rings. The molecule has 7 heteroatoms. The molecule has 0 aromatic rings. The molecule has 0 aromatic heterocycles. The third-order valence-corrected chi connectivity index (χ3v) is 2.90. The Bertz CT molecular complexity index is 229. The van der Waals surface area contributed by atoms with Gasteiger partial charge in [0.15, 0.2) is 0 Å². The monoisotopic (exact) mass is 257 g/mol. The van der Waals surface area contributed by atoms with Gasteiger partial charge in [0.25, 0.3) is 0 Å². The van der Waals surface area contributed by atoms with Crippen LogP contribution in [0.15, 0.2) is 0 Å². The lowest BCUT2D eigenvalue weighted by molar-refractivity contribution is -0.148. The summed E-state index contributed by atoms with van der Waals surface area (Å²) in [5.74, 6) is -0.327. The van der Waals surface area contributed by atoms with E-state index in [2.05, 4.69) is 4.72 Å². The van der Waals surface area contributed by atoms with Gasteiger partial charge in [-0.25, -0.2) is 0 Å². The van der Waals surface area contributed by atoms with Crippen LogP contribution in [0.25, 0.3) is 0 Å². The fourth-order valence-electron chi connectivity index (χ4n) is 1.61. The lowest BCUT2D eigenvalue weighted by Gasteiger charge is -2.10. The first-order valence-electron chi connectivity index (χ1n) is 5.13. The van der Waals surface area contributed by atoms with E-state index in [0.717, 1.165) is 25.7 Å². The summed E-state index contributed by atoms with van der Waals surface area (Å²) in [6.07, 6.45) is 3.73. The molecule has 1 aliphatic carbocycles. The van der Waals surface area contributed by atoms with E-state index in [-0.39, 0.29) is 37.0 Å². The fraction of sp³-hybridized carbons (Fsp3) is 0.889. The van der Waals surface area contributed by atoms with Gasteiger partial charge in [-0.2, -0.15) is 13.2 Å². The lowest BCUT2D eigenvalue weighted by Crippen LogP contribution is -2.22. The summed E-state index contributed by atoms with van der Waals surface area (Å²) in [7, 11) is 0. The summed E-state index contributed by atoms with van der Waals surface area (Å²) in [4.78, 5) is 11.3. The van der Waals surface area contributed by atoms with Crippen molar-refractivity contribution < 1.29 is 22.7 Å². The van der Waals surface area contributed by atoms with Gasteiger partial charge in [0, 0.05) is 18.5 Å². The molecule has 0 radical (unpaired) electrons. The standard InChI is InChI=1S/C9H14F3NO2S/c10-9(11,12)16-13-5-6-15-8(14)7-3-1-2-4-7/h7,13H,1-6H2. The maximum Gasteiger partial charge on any atom is 0.456 e. The molecule has 0 spiro atoms. The third-order valence-electron chi connectivity index (χ3n) is 2.32. The zero-order valence-electron chi connectivity index (χ0n) is 8.68. The number of carbonyl (C=O) groups is 1. The maximum atomic E-state index is 11.7. The number of rotatable bonds is 5. The Morgan fingerprint density at radius 1 is 1.38 bits per heavy atom. The molecule has 16 heavy (non-hydrogen) atoms. The Hall–Kier alpha value is -0.430. The number of nitrogens with one attached hydrogen (secondary N) is 1. The average molecular weight is 257 g/mol. The second-order valence-corrected chi connectivity index (χ2v) is 4.55. The van der Waals surface area contributed by atoms with Crippen LogP contribution in [0.4, 0.5) is 13.2 Å². The highest BCUT2D eigenvalue weighted by molar-refractivity contribution is 7.98. The maximum absolute atomic E-state index is 11.7. The summed E-state index contributed by atoms with van der Waals surface area (Å²) < 4.78 is 42.0. The number of esters is 1. The fourth-order valence-corrected chi connectivity index (χ4v) is 1.95. The minimum absolute atomic E-state index is 0.00262. The van der Waals surface area contributed by atoms with E-state index < -0.39 is 5.51 Å². The van der Waals surface area contributed by atoms with E-state index in [1.807, 2.05) is 0 Å². The number of halogens is 3. The van der Waals surface area contributed by atoms with E-state index in [1.165, 1.54) is 0 Å². The van der Waals surface area contributed by atoms with E-state index in [9.17, 15) is 18.0 Å². The Morgan fingerprint density at radius 3 is 2.56 bits per heavy atom. The Labute approximate surface area is 96.2 Å². The van der Waals surface area contributed by atoms with Crippen LogP contribution < -0.4 is 4.72 Å². The highest BCUT2D eigenvalue weighted by Gasteiger charge is 2.28. The van der Waals surface area contributed by atoms with Crippen molar-refractivity contribution in [1.82, 2.24) is 4.72 Å². The SMILES string of the molecule is O=C(OCCNSC(F)(F)F)C1CCCC1. The van der Waals surface area contributed by atoms with Gasteiger partial charge >= 0.3 is 11.5 Å². The predicted octanol–water partition coefficient (Wildman–Crippen LogP) is 2.48. The zero-order chi connectivity index (χ0) is 12.0. The van der Waals surface area contributed by atoms with Gasteiger partial charge in [-0.05, 0) is 12.8 Å². The van der Waals surface area contributed by atoms with Crippen molar-refractivity contribution in [1.29, 1.82) is 0 Å². The van der Waals surface area contributed by atoms with Crippen LogP contribution >= 0.6 is 11.9 Å². The molecule has 0 aromatic carbocycles. The molecule has 0 atom stereocenters. The molecular formula is C9H14F3NO2S. The molecule has 0 unspecified atom stereocenters. The second kappa shape index (κ2) is 6.34. The largest absolute Gasteiger partial charge is 0.464 e. The van der Waals surface area contributed by atoms with Crippen molar-refractivity contribution in [2.45, 2.75) is 31.2 Å². The van der Waals surface area contributed by atoms with E-state index in [0.29, 0.717) is 0 Å². The quantitative estimate of drug-likeness (QED) is 0.466. The van der Waals surface area contributed by atoms with E-state index in [1.54, 1.807) is 0 Å². The van der Waals surface area contributed by atoms with Crippen LogP contribution in [-0.2, 0) is 9.53 Å². The smallest absolute Gasteiger partial charge is 0.456 e. The van der Waals surface area contributed by atoms with Crippen LogP contribution in [0.5, 0.6) is 0 Å². The number of carbonyl (C=O) groups excluding carboxylic acids is 1. The minimum Gasteiger partial charge on any atom is -0.464 e. The van der Waals surface area contributed by atoms with Gasteiger partial charge in [0.05, 0.1) is 5.92 Å². The molecule has 0 amide bonds. The highest BCUT2D eigenvalue weighted by atomic mass is 32.2. The van der Waals surface area contributed by atoms with Gasteiger partial charge in [0.2, 0.25) is 0 Å². The zero-order valence-corrected chi connectivity index (χ0v) is 9.50. The number of hydrogen-bond donors (Lipinski definition) is 1. The first kappa shape index (κ1) is 13.6. The Balaban J connectivity index is 2.00. The van der Waals surface area contributed by atoms with E-state index >= 15 is 0 Å². The molecule has 0 heterocycles. The summed E-state index contributed by atoms with van der Waals surface area (Å²) in [6.45, 7) is -0.0128. The lowest BCUT2D eigenvalue weighted by atomic mass is 10.1. The van der Waals surface area contributed by atoms with Crippen molar-refractivity contribution in [3.8, 4) is 0 Å². The molecule has 1 aliphatic rings. The molecule has 0 aliphatic heterocycles. The molecule has 1 saturated carbocycles. The predicted molar refractivity (Wildman–Crippen MR) is 54.6 cm³/mol. The van der Waals surface area contributed by atoms with Gasteiger partial charge in [-0.1, -0.05) is 12.8 Å². The molecule has 1 rings (SSSR count). The van der Waals surface area contributed by atoms with Crippen LogP contribution in [-0.4, -0.2) is 24.6 Å². The van der Waals surface area contributed by atoms with Crippen molar-refractivity contribution >= 4 is 17.9 Å². The molecular weight excluding hydrogens is 243 g/mol. The number of hydrogen-bond acceptors (Lipinski definition) is 4. The number of alkyl halides is 3. The summed E-state index contributed by atoms with van der Waals surface area (Å²) in [5.41, 5.74) is -4.30. The van der Waals surface area contributed by atoms with Gasteiger partial charge in [-0.3, -0.25) is 9.52 Å². The molecule has 3 nitrogen and oxygen atoms in total. The summed E-state index contributed by atoms with van der Waals surface area (Å²) in [6, 6.07) is 0. The molecule has 1 N–H and O–H groups in total.